The van der Waals surface area contributed by atoms with Gasteiger partial charge in [0.2, 0.25) is 0 Å². The maximum atomic E-state index is 11.3. The Bertz CT molecular complexity index is 507. The van der Waals surface area contributed by atoms with Crippen LogP contribution < -0.4 is 4.74 Å². The Balaban J connectivity index is 2.26. The second-order valence-corrected chi connectivity index (χ2v) is 5.74. The number of hydrogen-bond acceptors (Lipinski definition) is 3. The summed E-state index contributed by atoms with van der Waals surface area (Å²) in [5, 5.41) is 10.3. The number of halogens is 2. The SMILES string of the molecule is COc1c(Cl)cc(Cl)cc1CN1CCCCC1C(=O)O. The first-order valence-electron chi connectivity index (χ1n) is 6.51. The third kappa shape index (κ3) is 3.37. The summed E-state index contributed by atoms with van der Waals surface area (Å²) in [6.07, 6.45) is 2.62. The molecule has 1 saturated heterocycles. The van der Waals surface area contributed by atoms with E-state index in [1.165, 1.54) is 0 Å². The molecule has 0 amide bonds. The normalized spacial score (nSPS) is 19.9. The minimum atomic E-state index is -0.781. The smallest absolute Gasteiger partial charge is 0.320 e. The number of aliphatic carboxylic acids is 1. The summed E-state index contributed by atoms with van der Waals surface area (Å²) < 4.78 is 5.30. The highest BCUT2D eigenvalue weighted by Crippen LogP contribution is 2.34. The first-order valence-corrected chi connectivity index (χ1v) is 7.27. The van der Waals surface area contributed by atoms with Crippen LogP contribution in [0, 0.1) is 0 Å². The molecule has 1 aliphatic rings. The molecule has 1 N–H and O–H groups in total. The lowest BCUT2D eigenvalue weighted by Crippen LogP contribution is -2.44. The first-order chi connectivity index (χ1) is 9.52. The lowest BCUT2D eigenvalue weighted by molar-refractivity contribution is -0.144. The van der Waals surface area contributed by atoms with E-state index < -0.39 is 12.0 Å². The van der Waals surface area contributed by atoms with Gasteiger partial charge in [0, 0.05) is 17.1 Å². The van der Waals surface area contributed by atoms with Crippen molar-refractivity contribution >= 4 is 29.2 Å². The van der Waals surface area contributed by atoms with Crippen LogP contribution in [0.25, 0.3) is 0 Å². The maximum absolute atomic E-state index is 11.3. The zero-order valence-corrected chi connectivity index (χ0v) is 12.7. The van der Waals surface area contributed by atoms with Gasteiger partial charge in [-0.1, -0.05) is 29.6 Å². The van der Waals surface area contributed by atoms with E-state index in [9.17, 15) is 9.90 Å². The second kappa shape index (κ2) is 6.66. The summed E-state index contributed by atoms with van der Waals surface area (Å²) >= 11 is 12.1. The summed E-state index contributed by atoms with van der Waals surface area (Å²) in [5.74, 6) is -0.220. The van der Waals surface area contributed by atoms with Crippen molar-refractivity contribution in [3.8, 4) is 5.75 Å². The highest BCUT2D eigenvalue weighted by molar-refractivity contribution is 6.35. The summed E-state index contributed by atoms with van der Waals surface area (Å²) in [6.45, 7) is 1.23. The third-order valence-corrected chi connectivity index (χ3v) is 4.06. The molecule has 110 valence electrons. The van der Waals surface area contributed by atoms with Crippen molar-refractivity contribution < 1.29 is 14.6 Å². The van der Waals surface area contributed by atoms with E-state index in [0.29, 0.717) is 28.8 Å². The fourth-order valence-corrected chi connectivity index (χ4v) is 3.25. The fourth-order valence-electron chi connectivity index (χ4n) is 2.64. The molecule has 0 spiro atoms. The number of carboxylic acids is 1. The molecule has 4 nitrogen and oxygen atoms in total. The number of hydrogen-bond donors (Lipinski definition) is 1. The minimum Gasteiger partial charge on any atom is -0.495 e. The minimum absolute atomic E-state index is 0.443. The number of benzene rings is 1. The predicted molar refractivity (Wildman–Crippen MR) is 78.7 cm³/mol. The van der Waals surface area contributed by atoms with Gasteiger partial charge in [0.25, 0.3) is 0 Å². The molecule has 0 saturated carbocycles. The average Bonchev–Trinajstić information content (AvgIpc) is 2.38. The topological polar surface area (TPSA) is 49.8 Å². The van der Waals surface area contributed by atoms with Gasteiger partial charge in [-0.15, -0.1) is 0 Å². The number of ether oxygens (including phenoxy) is 1. The van der Waals surface area contributed by atoms with Gasteiger partial charge in [-0.3, -0.25) is 9.69 Å². The van der Waals surface area contributed by atoms with E-state index in [0.717, 1.165) is 24.9 Å². The molecule has 0 aromatic heterocycles. The molecule has 1 aromatic rings. The molecule has 1 unspecified atom stereocenters. The van der Waals surface area contributed by atoms with Crippen LogP contribution >= 0.6 is 23.2 Å². The molecule has 6 heteroatoms. The Morgan fingerprint density at radius 2 is 2.20 bits per heavy atom. The Hall–Kier alpha value is -0.970. The zero-order chi connectivity index (χ0) is 14.7. The molecule has 0 aliphatic carbocycles. The molecule has 20 heavy (non-hydrogen) atoms. The number of rotatable bonds is 4. The fraction of sp³-hybridized carbons (Fsp3) is 0.500. The first kappa shape index (κ1) is 15.4. The van der Waals surface area contributed by atoms with E-state index in [4.69, 9.17) is 27.9 Å². The largest absolute Gasteiger partial charge is 0.495 e. The number of piperidine rings is 1. The molecule has 1 fully saturated rings. The van der Waals surface area contributed by atoms with Crippen molar-refractivity contribution in [2.24, 2.45) is 0 Å². The summed E-state index contributed by atoms with van der Waals surface area (Å²) in [7, 11) is 1.55. The average molecular weight is 318 g/mol. The monoisotopic (exact) mass is 317 g/mol. The standard InChI is InChI=1S/C14H17Cl2NO3/c1-20-13-9(6-10(15)7-11(13)16)8-17-5-3-2-4-12(17)14(18)19/h6-7,12H,2-5,8H2,1H3,(H,18,19). The van der Waals surface area contributed by atoms with E-state index in [1.54, 1.807) is 19.2 Å². The maximum Gasteiger partial charge on any atom is 0.320 e. The molecule has 0 radical (unpaired) electrons. The van der Waals surface area contributed by atoms with E-state index in [1.807, 2.05) is 4.90 Å². The van der Waals surface area contributed by atoms with Crippen molar-refractivity contribution in [1.29, 1.82) is 0 Å². The lowest BCUT2D eigenvalue weighted by Gasteiger charge is -2.33. The number of carboxylic acid groups (broad SMARTS) is 1. The Kier molecular flexibility index (Phi) is 5.13. The van der Waals surface area contributed by atoms with Gasteiger partial charge in [-0.25, -0.2) is 0 Å². The Morgan fingerprint density at radius 3 is 2.85 bits per heavy atom. The Labute approximate surface area is 128 Å². The molecule has 2 rings (SSSR count). The van der Waals surface area contributed by atoms with Crippen LogP contribution in [0.15, 0.2) is 12.1 Å². The highest BCUT2D eigenvalue weighted by Gasteiger charge is 2.29. The van der Waals surface area contributed by atoms with Gasteiger partial charge in [-0.2, -0.15) is 0 Å². The van der Waals surface area contributed by atoms with Gasteiger partial charge < -0.3 is 9.84 Å². The third-order valence-electron chi connectivity index (χ3n) is 3.56. The molecule has 1 heterocycles. The van der Waals surface area contributed by atoms with Gasteiger partial charge in [0.05, 0.1) is 12.1 Å². The molecular weight excluding hydrogens is 301 g/mol. The van der Waals surface area contributed by atoms with Crippen LogP contribution in [0.4, 0.5) is 0 Å². The van der Waals surface area contributed by atoms with Crippen LogP contribution in [0.1, 0.15) is 24.8 Å². The number of carbonyl (C=O) groups is 1. The number of methoxy groups -OCH3 is 1. The molecule has 1 atom stereocenters. The summed E-state index contributed by atoms with van der Waals surface area (Å²) in [6, 6.07) is 2.95. The number of nitrogens with zero attached hydrogens (tertiary/aromatic N) is 1. The molecular formula is C14H17Cl2NO3. The second-order valence-electron chi connectivity index (χ2n) is 4.90. The molecule has 1 aliphatic heterocycles. The van der Waals surface area contributed by atoms with Crippen LogP contribution in [0.5, 0.6) is 5.75 Å². The quantitative estimate of drug-likeness (QED) is 0.924. The van der Waals surface area contributed by atoms with Crippen molar-refractivity contribution in [3.05, 3.63) is 27.7 Å². The number of likely N-dealkylation sites (tertiary alicyclic amines) is 1. The van der Waals surface area contributed by atoms with E-state index in [-0.39, 0.29) is 0 Å². The molecule has 1 aromatic carbocycles. The van der Waals surface area contributed by atoms with E-state index in [2.05, 4.69) is 0 Å². The lowest BCUT2D eigenvalue weighted by atomic mass is 10.0. The summed E-state index contributed by atoms with van der Waals surface area (Å²) in [5.41, 5.74) is 0.818. The van der Waals surface area contributed by atoms with Crippen LogP contribution in [-0.2, 0) is 11.3 Å². The van der Waals surface area contributed by atoms with Gasteiger partial charge in [0.1, 0.15) is 11.8 Å². The van der Waals surface area contributed by atoms with Crippen molar-refractivity contribution in [2.75, 3.05) is 13.7 Å². The highest BCUT2D eigenvalue weighted by atomic mass is 35.5. The van der Waals surface area contributed by atoms with Gasteiger partial charge >= 0.3 is 5.97 Å². The predicted octanol–water partition coefficient (Wildman–Crippen LogP) is 3.44. The van der Waals surface area contributed by atoms with Crippen molar-refractivity contribution in [3.63, 3.8) is 0 Å². The van der Waals surface area contributed by atoms with Gasteiger partial charge in [0.15, 0.2) is 0 Å². The van der Waals surface area contributed by atoms with Crippen LogP contribution in [0.3, 0.4) is 0 Å². The van der Waals surface area contributed by atoms with Crippen LogP contribution in [-0.4, -0.2) is 35.7 Å². The molecule has 0 bridgehead atoms. The van der Waals surface area contributed by atoms with Crippen molar-refractivity contribution in [1.82, 2.24) is 4.90 Å². The summed E-state index contributed by atoms with van der Waals surface area (Å²) in [4.78, 5) is 13.3. The van der Waals surface area contributed by atoms with Gasteiger partial charge in [-0.05, 0) is 31.5 Å². The zero-order valence-electron chi connectivity index (χ0n) is 11.2. The Morgan fingerprint density at radius 1 is 1.45 bits per heavy atom. The van der Waals surface area contributed by atoms with Crippen LogP contribution in [0.2, 0.25) is 10.0 Å². The van der Waals surface area contributed by atoms with E-state index >= 15 is 0 Å². The van der Waals surface area contributed by atoms with Crippen molar-refractivity contribution in [2.45, 2.75) is 31.8 Å².